The highest BCUT2D eigenvalue weighted by atomic mass is 19.1. The van der Waals surface area contributed by atoms with Crippen LogP contribution in [-0.2, 0) is 0 Å². The summed E-state index contributed by atoms with van der Waals surface area (Å²) in [5, 5.41) is 0. The summed E-state index contributed by atoms with van der Waals surface area (Å²) in [7, 11) is 1.60. The molecule has 0 radical (unpaired) electrons. The number of benzene rings is 3. The van der Waals surface area contributed by atoms with Gasteiger partial charge in [-0.1, -0.05) is 0 Å². The summed E-state index contributed by atoms with van der Waals surface area (Å²) < 4.78 is 32.4. The van der Waals surface area contributed by atoms with Crippen LogP contribution in [0.5, 0.6) is 17.2 Å². The quantitative estimate of drug-likeness (QED) is 0.415. The first-order valence-electron chi connectivity index (χ1n) is 11.6. The lowest BCUT2D eigenvalue weighted by Gasteiger charge is -2.33. The molecule has 0 atom stereocenters. The second-order valence-electron chi connectivity index (χ2n) is 8.76. The molecular formula is C27H24FN3O4. The lowest BCUT2D eigenvalue weighted by Crippen LogP contribution is -2.39. The summed E-state index contributed by atoms with van der Waals surface area (Å²) in [6.45, 7) is 1.44. The van der Waals surface area contributed by atoms with Crippen molar-refractivity contribution in [3.05, 3.63) is 72.0 Å². The Morgan fingerprint density at radius 1 is 1.00 bits per heavy atom. The zero-order chi connectivity index (χ0) is 23.9. The number of amides is 1. The average molecular weight is 474 g/mol. The third-order valence-corrected chi connectivity index (χ3v) is 6.74. The van der Waals surface area contributed by atoms with E-state index >= 15 is 0 Å². The lowest BCUT2D eigenvalue weighted by molar-refractivity contribution is 0.0696. The van der Waals surface area contributed by atoms with Crippen molar-refractivity contribution in [3.63, 3.8) is 0 Å². The van der Waals surface area contributed by atoms with E-state index in [-0.39, 0.29) is 24.6 Å². The molecule has 6 rings (SSSR count). The van der Waals surface area contributed by atoms with Crippen molar-refractivity contribution in [2.24, 2.45) is 0 Å². The Hall–Kier alpha value is -4.07. The van der Waals surface area contributed by atoms with E-state index in [1.165, 1.54) is 12.1 Å². The number of ether oxygens (including phenoxy) is 3. The van der Waals surface area contributed by atoms with Gasteiger partial charge in [-0.25, -0.2) is 9.37 Å². The molecule has 35 heavy (non-hydrogen) atoms. The van der Waals surface area contributed by atoms with Gasteiger partial charge in [-0.2, -0.15) is 0 Å². The van der Waals surface area contributed by atoms with Crippen LogP contribution in [0, 0.1) is 5.82 Å². The van der Waals surface area contributed by atoms with E-state index < -0.39 is 0 Å². The number of likely N-dealkylation sites (tertiary alicyclic amines) is 1. The number of halogens is 1. The molecule has 0 spiro atoms. The highest BCUT2D eigenvalue weighted by molar-refractivity contribution is 5.94. The minimum Gasteiger partial charge on any atom is -0.497 e. The second kappa shape index (κ2) is 8.61. The van der Waals surface area contributed by atoms with Gasteiger partial charge < -0.3 is 23.7 Å². The fraction of sp³-hybridized carbons (Fsp3) is 0.259. The van der Waals surface area contributed by atoms with Crippen molar-refractivity contribution < 1.29 is 23.4 Å². The summed E-state index contributed by atoms with van der Waals surface area (Å²) in [5.74, 6) is 2.54. The van der Waals surface area contributed by atoms with Crippen LogP contribution < -0.4 is 14.2 Å². The van der Waals surface area contributed by atoms with E-state index in [1.54, 1.807) is 37.4 Å². The zero-order valence-electron chi connectivity index (χ0n) is 19.2. The van der Waals surface area contributed by atoms with Crippen LogP contribution in [0.2, 0.25) is 0 Å². The largest absolute Gasteiger partial charge is 0.497 e. The van der Waals surface area contributed by atoms with Gasteiger partial charge in [0.25, 0.3) is 5.91 Å². The first-order chi connectivity index (χ1) is 17.1. The second-order valence-corrected chi connectivity index (χ2v) is 8.76. The molecule has 0 aliphatic carbocycles. The predicted molar refractivity (Wildman–Crippen MR) is 128 cm³/mol. The lowest BCUT2D eigenvalue weighted by atomic mass is 10.0. The van der Waals surface area contributed by atoms with Gasteiger partial charge in [0.15, 0.2) is 11.5 Å². The van der Waals surface area contributed by atoms with Gasteiger partial charge in [0.05, 0.1) is 18.1 Å². The minimum absolute atomic E-state index is 0.0136. The van der Waals surface area contributed by atoms with Crippen LogP contribution in [0.4, 0.5) is 4.39 Å². The number of rotatable bonds is 4. The highest BCUT2D eigenvalue weighted by Gasteiger charge is 2.28. The van der Waals surface area contributed by atoms with Crippen molar-refractivity contribution in [1.82, 2.24) is 14.5 Å². The van der Waals surface area contributed by atoms with E-state index in [4.69, 9.17) is 19.2 Å². The number of piperidine rings is 1. The summed E-state index contributed by atoms with van der Waals surface area (Å²) in [6, 6.07) is 17.8. The number of nitrogens with zero attached hydrogens (tertiary/aromatic N) is 3. The Labute approximate surface area is 201 Å². The van der Waals surface area contributed by atoms with E-state index in [0.29, 0.717) is 35.7 Å². The van der Waals surface area contributed by atoms with E-state index in [0.717, 1.165) is 35.5 Å². The molecule has 1 fully saturated rings. The molecule has 4 aromatic rings. The molecule has 3 heterocycles. The molecule has 7 nitrogen and oxygen atoms in total. The number of methoxy groups -OCH3 is 1. The van der Waals surface area contributed by atoms with Gasteiger partial charge in [-0.05, 0) is 67.4 Å². The van der Waals surface area contributed by atoms with Crippen LogP contribution >= 0.6 is 0 Å². The maximum atomic E-state index is 14.0. The Morgan fingerprint density at radius 2 is 1.77 bits per heavy atom. The third-order valence-electron chi connectivity index (χ3n) is 6.74. The van der Waals surface area contributed by atoms with E-state index in [1.807, 2.05) is 23.1 Å². The molecule has 3 aromatic carbocycles. The van der Waals surface area contributed by atoms with Crippen molar-refractivity contribution in [2.75, 3.05) is 27.0 Å². The van der Waals surface area contributed by atoms with Crippen LogP contribution in [0.3, 0.4) is 0 Å². The number of carbonyl (C=O) groups is 1. The molecule has 0 N–H and O–H groups in total. The molecule has 0 saturated carbocycles. The molecular weight excluding hydrogens is 449 g/mol. The Kier molecular flexibility index (Phi) is 5.28. The van der Waals surface area contributed by atoms with Gasteiger partial charge in [-0.15, -0.1) is 0 Å². The van der Waals surface area contributed by atoms with Gasteiger partial charge in [0.2, 0.25) is 6.79 Å². The molecule has 178 valence electrons. The molecule has 0 bridgehead atoms. The number of aromatic nitrogens is 2. The highest BCUT2D eigenvalue weighted by Crippen LogP contribution is 2.39. The van der Waals surface area contributed by atoms with Crippen molar-refractivity contribution >= 4 is 16.9 Å². The van der Waals surface area contributed by atoms with Gasteiger partial charge in [0, 0.05) is 36.3 Å². The SMILES string of the molecule is COc1ccc(C(=O)N2CCC(n3c(-c4ccc5c(c4)OCO5)nc4cc(F)ccc43)CC2)cc1. The van der Waals surface area contributed by atoms with E-state index in [9.17, 15) is 9.18 Å². The first-order valence-corrected chi connectivity index (χ1v) is 11.6. The smallest absolute Gasteiger partial charge is 0.253 e. The summed E-state index contributed by atoms with van der Waals surface area (Å²) in [6.07, 6.45) is 1.53. The van der Waals surface area contributed by atoms with Crippen LogP contribution in [0.25, 0.3) is 22.4 Å². The first kappa shape index (κ1) is 21.5. The molecule has 2 aliphatic heterocycles. The molecule has 0 unspecified atom stereocenters. The van der Waals surface area contributed by atoms with Crippen molar-refractivity contribution in [2.45, 2.75) is 18.9 Å². The minimum atomic E-state index is -0.320. The number of imidazole rings is 1. The zero-order valence-corrected chi connectivity index (χ0v) is 19.2. The normalized spacial score (nSPS) is 15.5. The molecule has 1 aromatic heterocycles. The number of hydrogen-bond acceptors (Lipinski definition) is 5. The molecule has 1 saturated heterocycles. The standard InChI is InChI=1S/C27H24FN3O4/c1-33-21-6-2-17(3-7-21)27(32)30-12-10-20(11-13-30)31-23-8-5-19(28)15-22(23)29-26(31)18-4-9-24-25(14-18)35-16-34-24/h2-9,14-15,20H,10-13,16H2,1H3. The summed E-state index contributed by atoms with van der Waals surface area (Å²) >= 11 is 0. The maximum absolute atomic E-state index is 14.0. The van der Waals surface area contributed by atoms with Gasteiger partial charge in [-0.3, -0.25) is 4.79 Å². The van der Waals surface area contributed by atoms with E-state index in [2.05, 4.69) is 4.57 Å². The number of fused-ring (bicyclic) bond motifs is 2. The van der Waals surface area contributed by atoms with Crippen LogP contribution in [-0.4, -0.2) is 47.4 Å². The Balaban J connectivity index is 1.30. The maximum Gasteiger partial charge on any atom is 0.253 e. The topological polar surface area (TPSA) is 65.8 Å². The third kappa shape index (κ3) is 3.84. The van der Waals surface area contributed by atoms with Crippen LogP contribution in [0.1, 0.15) is 29.2 Å². The fourth-order valence-corrected chi connectivity index (χ4v) is 4.92. The average Bonchev–Trinajstić information content (AvgIpc) is 3.52. The molecule has 8 heteroatoms. The van der Waals surface area contributed by atoms with Gasteiger partial charge >= 0.3 is 0 Å². The van der Waals surface area contributed by atoms with Crippen LogP contribution in [0.15, 0.2) is 60.7 Å². The Bertz CT molecular complexity index is 1410. The predicted octanol–water partition coefficient (Wildman–Crippen LogP) is 5.06. The summed E-state index contributed by atoms with van der Waals surface area (Å²) in [4.78, 5) is 19.7. The molecule has 2 aliphatic rings. The number of hydrogen-bond donors (Lipinski definition) is 0. The summed E-state index contributed by atoms with van der Waals surface area (Å²) in [5.41, 5.74) is 3.00. The van der Waals surface area contributed by atoms with Crippen molar-refractivity contribution in [3.8, 4) is 28.6 Å². The Morgan fingerprint density at radius 3 is 2.54 bits per heavy atom. The molecule has 1 amide bonds. The monoisotopic (exact) mass is 473 g/mol. The van der Waals surface area contributed by atoms with Crippen molar-refractivity contribution in [1.29, 1.82) is 0 Å². The fourth-order valence-electron chi connectivity index (χ4n) is 4.92. The number of carbonyl (C=O) groups excluding carboxylic acids is 1. The van der Waals surface area contributed by atoms with Gasteiger partial charge in [0.1, 0.15) is 17.4 Å².